The van der Waals surface area contributed by atoms with Gasteiger partial charge in [0, 0.05) is 0 Å². The predicted molar refractivity (Wildman–Crippen MR) is 58.3 cm³/mol. The molecular weight excluding hydrogens is 188 g/mol. The minimum absolute atomic E-state index is 0.296. The number of ether oxygens (including phenoxy) is 2. The maximum atomic E-state index is 5.93. The molecule has 0 bridgehead atoms. The van der Waals surface area contributed by atoms with E-state index < -0.39 is 0 Å². The molecule has 0 saturated carbocycles. The third-order valence-corrected chi connectivity index (χ3v) is 3.28. The van der Waals surface area contributed by atoms with Gasteiger partial charge in [0.15, 0.2) is 0 Å². The van der Waals surface area contributed by atoms with Crippen molar-refractivity contribution in [3.63, 3.8) is 0 Å². The smallest absolute Gasteiger partial charge is 0.127 e. The van der Waals surface area contributed by atoms with Gasteiger partial charge in [-0.15, -0.1) is 0 Å². The van der Waals surface area contributed by atoms with Crippen LogP contribution in [-0.4, -0.2) is 18.8 Å². The molecule has 0 aromatic heterocycles. The van der Waals surface area contributed by atoms with Gasteiger partial charge in [-0.25, -0.2) is 0 Å². The zero-order valence-corrected chi connectivity index (χ0v) is 9.03. The number of epoxide rings is 1. The first-order chi connectivity index (χ1) is 7.36. The van der Waals surface area contributed by atoms with Crippen LogP contribution < -0.4 is 4.74 Å². The molecule has 0 amide bonds. The number of benzene rings is 1. The first-order valence-corrected chi connectivity index (χ1v) is 5.77. The van der Waals surface area contributed by atoms with Gasteiger partial charge in [-0.2, -0.15) is 0 Å². The summed E-state index contributed by atoms with van der Waals surface area (Å²) in [4.78, 5) is 0. The highest BCUT2D eigenvalue weighted by Gasteiger charge is 2.36. The summed E-state index contributed by atoms with van der Waals surface area (Å²) in [5.41, 5.74) is 2.77. The van der Waals surface area contributed by atoms with Crippen LogP contribution in [-0.2, 0) is 17.6 Å². The molecule has 2 unspecified atom stereocenters. The van der Waals surface area contributed by atoms with Gasteiger partial charge in [-0.05, 0) is 36.5 Å². The molecule has 1 aromatic carbocycles. The molecule has 80 valence electrons. The van der Waals surface area contributed by atoms with E-state index in [4.69, 9.17) is 9.47 Å². The summed E-state index contributed by atoms with van der Waals surface area (Å²) in [5, 5.41) is 0. The summed E-state index contributed by atoms with van der Waals surface area (Å²) in [7, 11) is 0. The number of aryl methyl sites for hydroxylation is 2. The fraction of sp³-hybridized carbons (Fsp3) is 0.538. The average molecular weight is 204 g/mol. The molecule has 2 heteroatoms. The zero-order chi connectivity index (χ0) is 10.3. The lowest BCUT2D eigenvalue weighted by atomic mass is 9.98. The largest absolute Gasteiger partial charge is 0.487 e. The Hall–Kier alpha value is -1.02. The normalized spacial score (nSPS) is 28.1. The summed E-state index contributed by atoms with van der Waals surface area (Å²) >= 11 is 0. The summed E-state index contributed by atoms with van der Waals surface area (Å²) < 4.78 is 11.2. The van der Waals surface area contributed by atoms with Crippen LogP contribution in [0.3, 0.4) is 0 Å². The lowest BCUT2D eigenvalue weighted by Gasteiger charge is -2.25. The highest BCUT2D eigenvalue weighted by molar-refractivity contribution is 5.39. The van der Waals surface area contributed by atoms with Gasteiger partial charge < -0.3 is 9.47 Å². The fourth-order valence-electron chi connectivity index (χ4n) is 2.21. The number of fused-ring (bicyclic) bond motifs is 1. The molecule has 1 saturated heterocycles. The van der Waals surface area contributed by atoms with Crippen LogP contribution in [0.15, 0.2) is 18.2 Å². The predicted octanol–water partition coefficient (Wildman–Crippen LogP) is 2.34. The molecule has 2 heterocycles. The first kappa shape index (κ1) is 9.22. The summed E-state index contributed by atoms with van der Waals surface area (Å²) in [6.45, 7) is 3.07. The van der Waals surface area contributed by atoms with Crippen LogP contribution in [0.25, 0.3) is 0 Å². The highest BCUT2D eigenvalue weighted by Crippen LogP contribution is 2.32. The third kappa shape index (κ3) is 1.74. The van der Waals surface area contributed by atoms with Crippen LogP contribution in [0.4, 0.5) is 0 Å². The molecule has 0 radical (unpaired) electrons. The van der Waals surface area contributed by atoms with Crippen molar-refractivity contribution in [3.05, 3.63) is 29.3 Å². The molecule has 0 N–H and O–H groups in total. The standard InChI is InChI=1S/C13H16O2/c1-2-9-3-5-11-10(7-9)4-6-12(15-11)13-8-14-13/h3,5,7,12-13H,2,4,6,8H2,1H3. The summed E-state index contributed by atoms with van der Waals surface area (Å²) in [5.74, 6) is 1.07. The van der Waals surface area contributed by atoms with Gasteiger partial charge >= 0.3 is 0 Å². The van der Waals surface area contributed by atoms with Crippen LogP contribution in [0.1, 0.15) is 24.5 Å². The van der Waals surface area contributed by atoms with E-state index in [1.807, 2.05) is 0 Å². The minimum Gasteiger partial charge on any atom is -0.487 e. The van der Waals surface area contributed by atoms with E-state index in [1.165, 1.54) is 11.1 Å². The fourth-order valence-corrected chi connectivity index (χ4v) is 2.21. The highest BCUT2D eigenvalue weighted by atomic mass is 16.6. The Morgan fingerprint density at radius 3 is 2.93 bits per heavy atom. The van der Waals surface area contributed by atoms with E-state index in [9.17, 15) is 0 Å². The van der Waals surface area contributed by atoms with Gasteiger partial charge in [-0.1, -0.05) is 19.1 Å². The van der Waals surface area contributed by atoms with E-state index >= 15 is 0 Å². The Morgan fingerprint density at radius 1 is 1.33 bits per heavy atom. The van der Waals surface area contributed by atoms with E-state index in [0.717, 1.165) is 31.6 Å². The molecule has 1 fully saturated rings. The second-order valence-corrected chi connectivity index (χ2v) is 4.36. The second kappa shape index (κ2) is 3.53. The Balaban J connectivity index is 1.83. The van der Waals surface area contributed by atoms with Crippen molar-refractivity contribution in [2.45, 2.75) is 38.4 Å². The maximum Gasteiger partial charge on any atom is 0.127 e. The number of hydrogen-bond acceptors (Lipinski definition) is 2. The molecule has 2 nitrogen and oxygen atoms in total. The van der Waals surface area contributed by atoms with Gasteiger partial charge in [0.25, 0.3) is 0 Å². The number of hydrogen-bond donors (Lipinski definition) is 0. The molecule has 2 atom stereocenters. The second-order valence-electron chi connectivity index (χ2n) is 4.36. The Kier molecular flexibility index (Phi) is 2.17. The quantitative estimate of drug-likeness (QED) is 0.690. The van der Waals surface area contributed by atoms with E-state index in [2.05, 4.69) is 25.1 Å². The van der Waals surface area contributed by atoms with Crippen LogP contribution in [0.2, 0.25) is 0 Å². The van der Waals surface area contributed by atoms with Crippen molar-refractivity contribution >= 4 is 0 Å². The molecule has 3 rings (SSSR count). The van der Waals surface area contributed by atoms with Crippen LogP contribution in [0, 0.1) is 0 Å². The molecule has 15 heavy (non-hydrogen) atoms. The van der Waals surface area contributed by atoms with Crippen molar-refractivity contribution < 1.29 is 9.47 Å². The van der Waals surface area contributed by atoms with Crippen LogP contribution >= 0.6 is 0 Å². The lowest BCUT2D eigenvalue weighted by Crippen LogP contribution is -2.27. The van der Waals surface area contributed by atoms with Crippen molar-refractivity contribution in [1.29, 1.82) is 0 Å². The SMILES string of the molecule is CCc1ccc2c(c1)CCC(C1CO1)O2. The molecule has 2 aliphatic rings. The summed E-state index contributed by atoms with van der Waals surface area (Å²) in [6, 6.07) is 6.55. The van der Waals surface area contributed by atoms with E-state index in [0.29, 0.717) is 12.2 Å². The summed E-state index contributed by atoms with van der Waals surface area (Å²) in [6.07, 6.45) is 4.00. The third-order valence-electron chi connectivity index (χ3n) is 3.28. The topological polar surface area (TPSA) is 21.8 Å². The van der Waals surface area contributed by atoms with E-state index in [-0.39, 0.29) is 0 Å². The molecule has 0 spiro atoms. The Bertz CT molecular complexity index is 369. The Morgan fingerprint density at radius 2 is 2.20 bits per heavy atom. The zero-order valence-electron chi connectivity index (χ0n) is 9.03. The van der Waals surface area contributed by atoms with Gasteiger partial charge in [-0.3, -0.25) is 0 Å². The Labute approximate surface area is 90.2 Å². The number of rotatable bonds is 2. The van der Waals surface area contributed by atoms with Gasteiger partial charge in [0.05, 0.1) is 6.61 Å². The van der Waals surface area contributed by atoms with Gasteiger partial charge in [0.2, 0.25) is 0 Å². The van der Waals surface area contributed by atoms with Crippen molar-refractivity contribution in [2.24, 2.45) is 0 Å². The van der Waals surface area contributed by atoms with E-state index in [1.54, 1.807) is 0 Å². The lowest BCUT2D eigenvalue weighted by molar-refractivity contribution is 0.136. The van der Waals surface area contributed by atoms with Crippen molar-refractivity contribution in [1.82, 2.24) is 0 Å². The molecular formula is C13H16O2. The van der Waals surface area contributed by atoms with Gasteiger partial charge in [0.1, 0.15) is 18.0 Å². The average Bonchev–Trinajstić information content (AvgIpc) is 3.11. The van der Waals surface area contributed by atoms with Crippen molar-refractivity contribution in [2.75, 3.05) is 6.61 Å². The minimum atomic E-state index is 0.296. The molecule has 2 aliphatic heterocycles. The molecule has 1 aromatic rings. The first-order valence-electron chi connectivity index (χ1n) is 5.77. The monoisotopic (exact) mass is 204 g/mol. The van der Waals surface area contributed by atoms with Crippen LogP contribution in [0.5, 0.6) is 5.75 Å². The molecule has 0 aliphatic carbocycles. The van der Waals surface area contributed by atoms with Crippen molar-refractivity contribution in [3.8, 4) is 5.75 Å². The maximum absolute atomic E-state index is 5.93.